The Morgan fingerprint density at radius 3 is 2.62 bits per heavy atom. The van der Waals surface area contributed by atoms with Crippen LogP contribution in [0.25, 0.3) is 11.3 Å². The highest BCUT2D eigenvalue weighted by atomic mass is 79.9. The summed E-state index contributed by atoms with van der Waals surface area (Å²) in [6.07, 6.45) is 1.77. The van der Waals surface area contributed by atoms with Gasteiger partial charge in [-0.05, 0) is 46.3 Å². The number of aromatic nitrogens is 1. The van der Waals surface area contributed by atoms with E-state index in [-0.39, 0.29) is 0 Å². The summed E-state index contributed by atoms with van der Waals surface area (Å²) in [6.45, 7) is 0. The van der Waals surface area contributed by atoms with E-state index in [0.29, 0.717) is 0 Å². The lowest BCUT2D eigenvalue weighted by molar-refractivity contribution is 0.415. The van der Waals surface area contributed by atoms with Crippen LogP contribution >= 0.6 is 31.9 Å². The van der Waals surface area contributed by atoms with Crippen LogP contribution in [0, 0.1) is 0 Å². The first-order chi connectivity index (χ1) is 7.72. The molecule has 2 nitrogen and oxygen atoms in total. The minimum absolute atomic E-state index is 0.816. The lowest BCUT2D eigenvalue weighted by atomic mass is 10.1. The fourth-order valence-electron chi connectivity index (χ4n) is 1.40. The second-order valence-corrected chi connectivity index (χ2v) is 4.89. The Morgan fingerprint density at radius 1 is 1.12 bits per heavy atom. The van der Waals surface area contributed by atoms with Crippen molar-refractivity contribution in [3.05, 3.63) is 45.5 Å². The molecule has 16 heavy (non-hydrogen) atoms. The maximum absolute atomic E-state index is 5.21. The summed E-state index contributed by atoms with van der Waals surface area (Å²) < 4.78 is 7.16. The number of hydrogen-bond donors (Lipinski definition) is 0. The van der Waals surface area contributed by atoms with E-state index in [1.54, 1.807) is 13.3 Å². The lowest BCUT2D eigenvalue weighted by Gasteiger charge is -2.08. The molecular weight excluding hydrogens is 334 g/mol. The highest BCUT2D eigenvalue weighted by Crippen LogP contribution is 2.34. The normalized spacial score (nSPS) is 10.2. The zero-order valence-electron chi connectivity index (χ0n) is 8.58. The van der Waals surface area contributed by atoms with Gasteiger partial charge in [0.2, 0.25) is 0 Å². The molecule has 2 aromatic rings. The van der Waals surface area contributed by atoms with Crippen molar-refractivity contribution in [2.45, 2.75) is 0 Å². The van der Waals surface area contributed by atoms with Gasteiger partial charge in [-0.25, -0.2) is 0 Å². The van der Waals surface area contributed by atoms with Gasteiger partial charge in [0.25, 0.3) is 0 Å². The number of ether oxygens (including phenoxy) is 1. The molecule has 0 saturated carbocycles. The second kappa shape index (κ2) is 4.97. The summed E-state index contributed by atoms with van der Waals surface area (Å²) >= 11 is 7.00. The Morgan fingerprint density at radius 2 is 1.94 bits per heavy atom. The minimum Gasteiger partial charge on any atom is -0.497 e. The van der Waals surface area contributed by atoms with Crippen molar-refractivity contribution in [1.29, 1.82) is 0 Å². The van der Waals surface area contributed by atoms with Gasteiger partial charge in [-0.2, -0.15) is 0 Å². The van der Waals surface area contributed by atoms with Crippen LogP contribution in [-0.2, 0) is 0 Å². The molecule has 1 aromatic carbocycles. The van der Waals surface area contributed by atoms with Gasteiger partial charge < -0.3 is 4.74 Å². The predicted molar refractivity (Wildman–Crippen MR) is 71.6 cm³/mol. The first-order valence-corrected chi connectivity index (χ1v) is 6.25. The molecule has 4 heteroatoms. The predicted octanol–water partition coefficient (Wildman–Crippen LogP) is 4.28. The molecule has 0 bridgehead atoms. The van der Waals surface area contributed by atoms with Crippen LogP contribution in [0.5, 0.6) is 5.75 Å². The van der Waals surface area contributed by atoms with Crippen molar-refractivity contribution >= 4 is 31.9 Å². The summed E-state index contributed by atoms with van der Waals surface area (Å²) in [7, 11) is 1.65. The van der Waals surface area contributed by atoms with Gasteiger partial charge in [0.15, 0.2) is 0 Å². The molecule has 0 aliphatic heterocycles. The lowest BCUT2D eigenvalue weighted by Crippen LogP contribution is -1.88. The maximum Gasteiger partial charge on any atom is 0.119 e. The average molecular weight is 343 g/mol. The second-order valence-electron chi connectivity index (χ2n) is 3.18. The van der Waals surface area contributed by atoms with Gasteiger partial charge in [0.1, 0.15) is 5.75 Å². The zero-order chi connectivity index (χ0) is 11.5. The number of nitrogens with zero attached hydrogens (tertiary/aromatic N) is 1. The molecule has 0 unspecified atom stereocenters. The van der Waals surface area contributed by atoms with Crippen LogP contribution in [0.1, 0.15) is 0 Å². The van der Waals surface area contributed by atoms with Crippen molar-refractivity contribution in [3.63, 3.8) is 0 Å². The van der Waals surface area contributed by atoms with Gasteiger partial charge in [-0.1, -0.05) is 15.9 Å². The summed E-state index contributed by atoms with van der Waals surface area (Å²) in [5.74, 6) is 0.816. The Balaban J connectivity index is 2.59. The van der Waals surface area contributed by atoms with Crippen LogP contribution < -0.4 is 4.74 Å². The van der Waals surface area contributed by atoms with Crippen LogP contribution in [0.15, 0.2) is 45.5 Å². The van der Waals surface area contributed by atoms with E-state index >= 15 is 0 Å². The molecule has 0 radical (unpaired) electrons. The standard InChI is InChI=1S/C12H9Br2NO/c1-16-8-4-5-10(13)9(7-8)12-11(14)3-2-6-15-12/h2-7H,1H3. The molecule has 1 aromatic heterocycles. The third-order valence-electron chi connectivity index (χ3n) is 2.19. The van der Waals surface area contributed by atoms with E-state index < -0.39 is 0 Å². The zero-order valence-corrected chi connectivity index (χ0v) is 11.7. The topological polar surface area (TPSA) is 22.1 Å². The number of hydrogen-bond acceptors (Lipinski definition) is 2. The van der Waals surface area contributed by atoms with Gasteiger partial charge in [0.05, 0.1) is 12.8 Å². The number of methoxy groups -OCH3 is 1. The molecule has 0 N–H and O–H groups in total. The Hall–Kier alpha value is -0.870. The summed E-state index contributed by atoms with van der Waals surface area (Å²) in [5.41, 5.74) is 1.90. The van der Waals surface area contributed by atoms with Gasteiger partial charge in [-0.3, -0.25) is 4.98 Å². The Bertz CT molecular complexity index is 514. The third kappa shape index (κ3) is 2.28. The Kier molecular flexibility index (Phi) is 3.61. The van der Waals surface area contributed by atoms with E-state index in [0.717, 1.165) is 26.0 Å². The van der Waals surface area contributed by atoms with Crippen LogP contribution in [0.2, 0.25) is 0 Å². The largest absolute Gasteiger partial charge is 0.497 e. The maximum atomic E-state index is 5.21. The highest BCUT2D eigenvalue weighted by molar-refractivity contribution is 9.11. The number of rotatable bonds is 2. The van der Waals surface area contributed by atoms with Crippen molar-refractivity contribution < 1.29 is 4.74 Å². The summed E-state index contributed by atoms with van der Waals surface area (Å²) in [4.78, 5) is 4.35. The SMILES string of the molecule is COc1ccc(Br)c(-c2ncccc2Br)c1. The molecule has 1 heterocycles. The van der Waals surface area contributed by atoms with Crippen LogP contribution in [0.4, 0.5) is 0 Å². The number of halogens is 2. The molecule has 0 aliphatic carbocycles. The molecule has 0 spiro atoms. The van der Waals surface area contributed by atoms with E-state index in [9.17, 15) is 0 Å². The molecule has 0 aliphatic rings. The first kappa shape index (κ1) is 11.6. The van der Waals surface area contributed by atoms with Gasteiger partial charge >= 0.3 is 0 Å². The van der Waals surface area contributed by atoms with E-state index in [1.165, 1.54) is 0 Å². The summed E-state index contributed by atoms with van der Waals surface area (Å²) in [6, 6.07) is 9.67. The fraction of sp³-hybridized carbons (Fsp3) is 0.0833. The smallest absolute Gasteiger partial charge is 0.119 e. The third-order valence-corrected chi connectivity index (χ3v) is 3.52. The fourth-order valence-corrected chi connectivity index (χ4v) is 2.30. The molecule has 0 amide bonds. The average Bonchev–Trinajstić information content (AvgIpc) is 2.31. The number of pyridine rings is 1. The van der Waals surface area contributed by atoms with E-state index in [4.69, 9.17) is 4.74 Å². The van der Waals surface area contributed by atoms with Crippen LogP contribution in [0.3, 0.4) is 0 Å². The van der Waals surface area contributed by atoms with Crippen molar-refractivity contribution in [3.8, 4) is 17.0 Å². The van der Waals surface area contributed by atoms with E-state index in [2.05, 4.69) is 36.8 Å². The molecular formula is C12H9Br2NO. The molecule has 0 saturated heterocycles. The summed E-state index contributed by atoms with van der Waals surface area (Å²) in [5, 5.41) is 0. The molecule has 2 rings (SSSR count). The Labute approximate surface area is 111 Å². The van der Waals surface area contributed by atoms with Gasteiger partial charge in [0, 0.05) is 20.7 Å². The quantitative estimate of drug-likeness (QED) is 0.812. The monoisotopic (exact) mass is 341 g/mol. The van der Waals surface area contributed by atoms with Crippen molar-refractivity contribution in [2.75, 3.05) is 7.11 Å². The van der Waals surface area contributed by atoms with Crippen molar-refractivity contribution in [1.82, 2.24) is 4.98 Å². The molecule has 0 fully saturated rings. The van der Waals surface area contributed by atoms with Crippen molar-refractivity contribution in [2.24, 2.45) is 0 Å². The van der Waals surface area contributed by atoms with Gasteiger partial charge in [-0.15, -0.1) is 0 Å². The number of benzene rings is 1. The molecule has 0 atom stereocenters. The molecule has 82 valence electrons. The highest BCUT2D eigenvalue weighted by Gasteiger charge is 2.09. The van der Waals surface area contributed by atoms with E-state index in [1.807, 2.05) is 30.3 Å². The minimum atomic E-state index is 0.816. The first-order valence-electron chi connectivity index (χ1n) is 4.67. The van der Waals surface area contributed by atoms with Crippen LogP contribution in [-0.4, -0.2) is 12.1 Å².